The number of nitrogens with zero attached hydrogens (tertiary/aromatic N) is 2. The number of amides is 8. The average molecular weight is 833 g/mol. The van der Waals surface area contributed by atoms with Crippen molar-refractivity contribution in [3.8, 4) is 0 Å². The Morgan fingerprint density at radius 3 is 1.37 bits per heavy atom. The molecule has 60 heavy (non-hydrogen) atoms. The molecule has 4 atom stereocenters. The monoisotopic (exact) mass is 832 g/mol. The van der Waals surface area contributed by atoms with Crippen molar-refractivity contribution in [2.75, 3.05) is 39.3 Å². The Morgan fingerprint density at radius 1 is 0.567 bits per heavy atom. The third-order valence-electron chi connectivity index (χ3n) is 10.6. The molecule has 3 fully saturated rings. The summed E-state index contributed by atoms with van der Waals surface area (Å²) in [5.41, 5.74) is 1.69. The van der Waals surface area contributed by atoms with Crippen molar-refractivity contribution in [1.29, 1.82) is 0 Å². The molecule has 0 aliphatic carbocycles. The Kier molecular flexibility index (Phi) is 17.5. The molecule has 2 aromatic carbocycles. The minimum atomic E-state index is -1.06. The van der Waals surface area contributed by atoms with E-state index < -0.39 is 84.9 Å². The molecule has 0 saturated carbocycles. The zero-order valence-electron chi connectivity index (χ0n) is 33.8. The van der Waals surface area contributed by atoms with Gasteiger partial charge in [-0.05, 0) is 75.3 Å². The minimum absolute atomic E-state index is 0.118. The lowest BCUT2D eigenvalue weighted by Gasteiger charge is -2.29. The first-order valence-electron chi connectivity index (χ1n) is 20.7. The Morgan fingerprint density at radius 2 is 0.967 bits per heavy atom. The largest absolute Gasteiger partial charge is 0.445 e. The van der Waals surface area contributed by atoms with E-state index in [2.05, 4.69) is 31.9 Å². The molecule has 0 spiro atoms. The number of hydrogen-bond acceptors (Lipinski definition) is 10. The Labute approximate surface area is 349 Å². The standard InChI is InChI=1S/C42H56N8O10/c51-35-25-45-37(53)31(17-7-9-21-43-41(57)59-27-29-13-3-1-4-14-29)47-39(55)33-19-11-23-49(33)36(52)26-46-38(54)32(48-40(56)34-20-12-24-50(34)35)18-8-10-22-44-42(58)60-28-30-15-5-2-6-16-30/h1-6,13-16,31-34H,7-12,17-28H2,(H,43,57)(H,44,58)(H,45,53)(H,46,54)(H,47,55)(H,48,56)/t31-,32-,33-,34-/m0/s1. The SMILES string of the molecule is O=C(NCCCC[C@@H]1NC(=O)[C@@H]2CCCN2C(=O)CNC(=O)[C@H](CCCCNC(=O)OCc2ccccc2)NC(=O)[C@@H]2CCCN2C(=O)CNC1=O)OCc1ccccc1. The number of carbonyl (C=O) groups is 8. The topological polar surface area (TPSA) is 234 Å². The molecule has 18 nitrogen and oxygen atoms in total. The smallest absolute Gasteiger partial charge is 0.407 e. The average Bonchev–Trinajstić information content (AvgIpc) is 3.97. The molecule has 8 amide bonds. The molecule has 0 bridgehead atoms. The van der Waals surface area contributed by atoms with E-state index in [-0.39, 0.29) is 52.2 Å². The molecule has 5 rings (SSSR count). The van der Waals surface area contributed by atoms with Crippen LogP contribution < -0.4 is 31.9 Å². The van der Waals surface area contributed by atoms with E-state index in [1.54, 1.807) is 0 Å². The number of nitrogens with one attached hydrogen (secondary N) is 6. The summed E-state index contributed by atoms with van der Waals surface area (Å²) in [6.07, 6.45) is 2.66. The van der Waals surface area contributed by atoms with Crippen molar-refractivity contribution in [3.63, 3.8) is 0 Å². The molecular weight excluding hydrogens is 777 g/mol. The third-order valence-corrected chi connectivity index (χ3v) is 10.6. The van der Waals surface area contributed by atoms with Gasteiger partial charge in [0.2, 0.25) is 35.4 Å². The second-order valence-corrected chi connectivity index (χ2v) is 15.0. The molecule has 0 radical (unpaired) electrons. The number of hydrogen-bond donors (Lipinski definition) is 6. The van der Waals surface area contributed by atoms with Gasteiger partial charge in [0.05, 0.1) is 13.1 Å². The minimum Gasteiger partial charge on any atom is -0.445 e. The number of carbonyl (C=O) groups excluding carboxylic acids is 8. The van der Waals surface area contributed by atoms with Crippen LogP contribution in [0.25, 0.3) is 0 Å². The van der Waals surface area contributed by atoms with Crippen LogP contribution in [0.1, 0.15) is 75.3 Å². The number of ether oxygens (including phenoxy) is 2. The van der Waals surface area contributed by atoms with Gasteiger partial charge < -0.3 is 51.2 Å². The van der Waals surface area contributed by atoms with Gasteiger partial charge in [0.25, 0.3) is 0 Å². The zero-order valence-corrected chi connectivity index (χ0v) is 33.8. The van der Waals surface area contributed by atoms with E-state index in [4.69, 9.17) is 9.47 Å². The maximum absolute atomic E-state index is 13.6. The summed E-state index contributed by atoms with van der Waals surface area (Å²) in [7, 11) is 0. The van der Waals surface area contributed by atoms with Crippen molar-refractivity contribution < 1.29 is 47.8 Å². The van der Waals surface area contributed by atoms with Crippen LogP contribution in [0, 0.1) is 0 Å². The maximum Gasteiger partial charge on any atom is 0.407 e. The predicted octanol–water partition coefficient (Wildman–Crippen LogP) is 1.38. The third kappa shape index (κ3) is 14.0. The van der Waals surface area contributed by atoms with E-state index in [0.29, 0.717) is 51.4 Å². The second kappa shape index (κ2) is 23.4. The van der Waals surface area contributed by atoms with E-state index in [1.807, 2.05) is 60.7 Å². The predicted molar refractivity (Wildman–Crippen MR) is 216 cm³/mol. The first-order valence-corrected chi connectivity index (χ1v) is 20.7. The quantitative estimate of drug-likeness (QED) is 0.150. The molecule has 3 aliphatic rings. The lowest BCUT2D eigenvalue weighted by Crippen LogP contribution is -2.57. The van der Waals surface area contributed by atoms with Gasteiger partial charge >= 0.3 is 12.2 Å². The summed E-state index contributed by atoms with van der Waals surface area (Å²) in [5.74, 6) is -3.27. The molecule has 2 aromatic rings. The highest BCUT2D eigenvalue weighted by Gasteiger charge is 2.38. The van der Waals surface area contributed by atoms with Gasteiger partial charge in [-0.15, -0.1) is 0 Å². The van der Waals surface area contributed by atoms with Crippen LogP contribution in [-0.2, 0) is 51.5 Å². The second-order valence-electron chi connectivity index (χ2n) is 15.0. The lowest BCUT2D eigenvalue weighted by atomic mass is 10.1. The van der Waals surface area contributed by atoms with E-state index in [0.717, 1.165) is 11.1 Å². The maximum atomic E-state index is 13.6. The van der Waals surface area contributed by atoms with Crippen molar-refractivity contribution in [1.82, 2.24) is 41.7 Å². The first-order chi connectivity index (χ1) is 29.1. The molecule has 3 heterocycles. The van der Waals surface area contributed by atoms with Gasteiger partial charge in [-0.3, -0.25) is 28.8 Å². The molecule has 0 unspecified atom stereocenters. The highest BCUT2D eigenvalue weighted by atomic mass is 16.6. The van der Waals surface area contributed by atoms with Crippen LogP contribution in [0.3, 0.4) is 0 Å². The van der Waals surface area contributed by atoms with Gasteiger partial charge in [-0.25, -0.2) is 9.59 Å². The normalized spacial score (nSPS) is 21.6. The van der Waals surface area contributed by atoms with Gasteiger partial charge in [-0.1, -0.05) is 60.7 Å². The summed E-state index contributed by atoms with van der Waals surface area (Å²) < 4.78 is 10.5. The number of alkyl carbamates (subject to hydrolysis) is 2. The summed E-state index contributed by atoms with van der Waals surface area (Å²) in [5, 5.41) is 16.1. The number of unbranched alkanes of at least 4 members (excludes halogenated alkanes) is 2. The molecule has 18 heteroatoms. The van der Waals surface area contributed by atoms with Crippen LogP contribution in [0.15, 0.2) is 60.7 Å². The fraction of sp³-hybridized carbons (Fsp3) is 0.524. The van der Waals surface area contributed by atoms with E-state index in [9.17, 15) is 38.4 Å². The number of benzene rings is 2. The molecular formula is C42H56N8O10. The summed E-state index contributed by atoms with van der Waals surface area (Å²) in [4.78, 5) is 108. The molecule has 6 N–H and O–H groups in total. The molecule has 0 aromatic heterocycles. The Hall–Kier alpha value is -6.20. The van der Waals surface area contributed by atoms with Gasteiger partial charge in [0.1, 0.15) is 37.4 Å². The van der Waals surface area contributed by atoms with Crippen LogP contribution in [0.5, 0.6) is 0 Å². The first kappa shape index (κ1) is 44.9. The van der Waals surface area contributed by atoms with Crippen LogP contribution in [-0.4, -0.2) is 121 Å². The van der Waals surface area contributed by atoms with Crippen LogP contribution in [0.4, 0.5) is 9.59 Å². The summed E-state index contributed by atoms with van der Waals surface area (Å²) >= 11 is 0. The molecule has 324 valence electrons. The Bertz CT molecular complexity index is 1670. The van der Waals surface area contributed by atoms with Crippen LogP contribution in [0.2, 0.25) is 0 Å². The zero-order chi connectivity index (χ0) is 42.7. The van der Waals surface area contributed by atoms with Gasteiger partial charge in [-0.2, -0.15) is 0 Å². The fourth-order valence-electron chi connectivity index (χ4n) is 7.40. The van der Waals surface area contributed by atoms with Gasteiger partial charge in [0, 0.05) is 26.2 Å². The molecule has 3 saturated heterocycles. The highest BCUT2D eigenvalue weighted by molar-refractivity contribution is 5.97. The Balaban J connectivity index is 1.16. The number of rotatable bonds is 14. The lowest BCUT2D eigenvalue weighted by molar-refractivity contribution is -0.141. The van der Waals surface area contributed by atoms with Crippen molar-refractivity contribution >= 4 is 47.6 Å². The van der Waals surface area contributed by atoms with Gasteiger partial charge in [0.15, 0.2) is 0 Å². The van der Waals surface area contributed by atoms with E-state index in [1.165, 1.54) is 9.80 Å². The van der Waals surface area contributed by atoms with E-state index >= 15 is 0 Å². The van der Waals surface area contributed by atoms with Crippen molar-refractivity contribution in [2.24, 2.45) is 0 Å². The fourth-order valence-corrected chi connectivity index (χ4v) is 7.40. The highest BCUT2D eigenvalue weighted by Crippen LogP contribution is 2.20. The van der Waals surface area contributed by atoms with Crippen molar-refractivity contribution in [2.45, 2.75) is 102 Å². The molecule has 3 aliphatic heterocycles. The summed E-state index contributed by atoms with van der Waals surface area (Å²) in [6, 6.07) is 14.6. The number of fused-ring (bicyclic) bond motifs is 2. The van der Waals surface area contributed by atoms with Crippen LogP contribution >= 0.6 is 0 Å². The summed E-state index contributed by atoms with van der Waals surface area (Å²) in [6.45, 7) is 0.427. The van der Waals surface area contributed by atoms with Crippen molar-refractivity contribution in [3.05, 3.63) is 71.8 Å².